The number of nitrogens with two attached hydrogens (primary N) is 2. The summed E-state index contributed by atoms with van der Waals surface area (Å²) in [5.41, 5.74) is 5.09. The largest absolute Gasteiger partial charge is 0.324 e. The minimum Gasteiger partial charge on any atom is -0.324 e. The van der Waals surface area contributed by atoms with Gasteiger partial charge in [-0.25, -0.2) is 17.9 Å². The van der Waals surface area contributed by atoms with Gasteiger partial charge in [-0.1, -0.05) is 42.5 Å². The van der Waals surface area contributed by atoms with E-state index in [2.05, 4.69) is 10.7 Å². The maximum absolute atomic E-state index is 14.7. The summed E-state index contributed by atoms with van der Waals surface area (Å²) in [5.74, 6) is 3.53. The molecule has 1 amide bonds. The molecule has 0 fully saturated rings. The van der Waals surface area contributed by atoms with Crippen molar-refractivity contribution in [1.82, 2.24) is 0 Å². The first-order chi connectivity index (χ1) is 14.7. The van der Waals surface area contributed by atoms with Gasteiger partial charge in [-0.3, -0.25) is 10.6 Å². The molecule has 0 radical (unpaired) electrons. The first-order valence-electron chi connectivity index (χ1n) is 9.18. The van der Waals surface area contributed by atoms with Crippen LogP contribution in [-0.4, -0.2) is 14.3 Å². The third-order valence-electron chi connectivity index (χ3n) is 4.64. The SMILES string of the molecule is C/C(=C(\F)C(=O)Nc1ccc(-c2ccccc2S(N)(=O)=O)cc1)c1cccc(NN)c1. The van der Waals surface area contributed by atoms with Gasteiger partial charge < -0.3 is 10.7 Å². The van der Waals surface area contributed by atoms with E-state index in [1.165, 1.54) is 13.0 Å². The molecule has 160 valence electrons. The fourth-order valence-corrected chi connectivity index (χ4v) is 3.77. The Morgan fingerprint density at radius 2 is 1.61 bits per heavy atom. The number of rotatable bonds is 6. The molecule has 7 nitrogen and oxygen atoms in total. The lowest BCUT2D eigenvalue weighted by Gasteiger charge is -2.10. The number of carbonyl (C=O) groups excluding carboxylic acids is 1. The van der Waals surface area contributed by atoms with Crippen molar-refractivity contribution in [3.8, 4) is 11.1 Å². The Kier molecular flexibility index (Phi) is 6.50. The lowest BCUT2D eigenvalue weighted by atomic mass is 10.0. The van der Waals surface area contributed by atoms with Crippen LogP contribution in [0.15, 0.2) is 83.5 Å². The number of halogens is 1. The number of primary sulfonamides is 1. The smallest absolute Gasteiger partial charge is 0.284 e. The fourth-order valence-electron chi connectivity index (χ4n) is 3.01. The summed E-state index contributed by atoms with van der Waals surface area (Å²) < 4.78 is 38.3. The average Bonchev–Trinajstić information content (AvgIpc) is 2.78. The van der Waals surface area contributed by atoms with Gasteiger partial charge >= 0.3 is 0 Å². The topological polar surface area (TPSA) is 127 Å². The summed E-state index contributed by atoms with van der Waals surface area (Å²) in [6.07, 6.45) is 0. The molecule has 31 heavy (non-hydrogen) atoms. The van der Waals surface area contributed by atoms with Crippen molar-refractivity contribution in [2.45, 2.75) is 11.8 Å². The van der Waals surface area contributed by atoms with E-state index in [0.717, 1.165) is 0 Å². The molecule has 0 saturated carbocycles. The van der Waals surface area contributed by atoms with E-state index < -0.39 is 21.8 Å². The predicted molar refractivity (Wildman–Crippen MR) is 120 cm³/mol. The Hall–Kier alpha value is -3.53. The fraction of sp³-hybridized carbons (Fsp3) is 0.0455. The Labute approximate surface area is 179 Å². The first-order valence-corrected chi connectivity index (χ1v) is 10.7. The van der Waals surface area contributed by atoms with Crippen LogP contribution >= 0.6 is 0 Å². The van der Waals surface area contributed by atoms with Crippen molar-refractivity contribution >= 4 is 32.9 Å². The van der Waals surface area contributed by atoms with E-state index in [9.17, 15) is 17.6 Å². The Balaban J connectivity index is 1.82. The highest BCUT2D eigenvalue weighted by atomic mass is 32.2. The number of hydrazine groups is 1. The van der Waals surface area contributed by atoms with Crippen molar-refractivity contribution in [2.75, 3.05) is 10.7 Å². The van der Waals surface area contributed by atoms with Gasteiger partial charge in [0.05, 0.1) is 4.90 Å². The average molecular weight is 441 g/mol. The van der Waals surface area contributed by atoms with Crippen LogP contribution in [0.3, 0.4) is 0 Å². The van der Waals surface area contributed by atoms with E-state index in [0.29, 0.717) is 28.1 Å². The first kappa shape index (κ1) is 22.2. The van der Waals surface area contributed by atoms with Crippen LogP contribution in [0.2, 0.25) is 0 Å². The van der Waals surface area contributed by atoms with Crippen molar-refractivity contribution in [3.63, 3.8) is 0 Å². The summed E-state index contributed by atoms with van der Waals surface area (Å²) in [5, 5.41) is 7.77. The Morgan fingerprint density at radius 1 is 0.935 bits per heavy atom. The minimum atomic E-state index is -3.90. The van der Waals surface area contributed by atoms with Crippen molar-refractivity contribution in [1.29, 1.82) is 0 Å². The van der Waals surface area contributed by atoms with Gasteiger partial charge in [0, 0.05) is 16.9 Å². The predicted octanol–water partition coefficient (Wildman–Crippen LogP) is 3.63. The Morgan fingerprint density at radius 3 is 2.26 bits per heavy atom. The quantitative estimate of drug-likeness (QED) is 0.264. The molecule has 3 aromatic rings. The van der Waals surface area contributed by atoms with Crippen LogP contribution in [0, 0.1) is 0 Å². The van der Waals surface area contributed by atoms with Crippen molar-refractivity contribution < 1.29 is 17.6 Å². The summed E-state index contributed by atoms with van der Waals surface area (Å²) in [6, 6.07) is 19.3. The van der Waals surface area contributed by atoms with Crippen molar-refractivity contribution in [2.24, 2.45) is 11.0 Å². The summed E-state index contributed by atoms with van der Waals surface area (Å²) in [6.45, 7) is 1.50. The summed E-state index contributed by atoms with van der Waals surface area (Å²) in [4.78, 5) is 12.3. The number of anilines is 2. The van der Waals surface area contributed by atoms with Gasteiger partial charge in [0.25, 0.3) is 5.91 Å². The normalized spacial score (nSPS) is 12.1. The standard InChI is InChI=1S/C22H21FN4O3S/c1-14(16-5-4-6-18(13-16)27-24)21(23)22(28)26-17-11-9-15(10-12-17)19-7-2-3-8-20(19)31(25,29)30/h2-13,27H,24H2,1H3,(H,26,28)(H2,25,29,30)/b21-14+. The summed E-state index contributed by atoms with van der Waals surface area (Å²) in [7, 11) is -3.90. The zero-order chi connectivity index (χ0) is 22.6. The number of sulfonamides is 1. The second kappa shape index (κ2) is 9.09. The number of nitrogens with one attached hydrogen (secondary N) is 2. The number of allylic oxidation sites excluding steroid dienone is 1. The molecule has 0 bridgehead atoms. The van der Waals surface area contributed by atoms with Crippen LogP contribution in [-0.2, 0) is 14.8 Å². The lowest BCUT2D eigenvalue weighted by Crippen LogP contribution is -2.14. The number of carbonyl (C=O) groups is 1. The highest BCUT2D eigenvalue weighted by molar-refractivity contribution is 7.89. The molecule has 9 heteroatoms. The van der Waals surface area contributed by atoms with E-state index >= 15 is 0 Å². The van der Waals surface area contributed by atoms with Crippen LogP contribution < -0.4 is 21.7 Å². The van der Waals surface area contributed by atoms with Crippen molar-refractivity contribution in [3.05, 3.63) is 84.2 Å². The van der Waals surface area contributed by atoms with E-state index in [-0.39, 0.29) is 10.5 Å². The number of nitrogen functional groups attached to an aromatic ring is 1. The minimum absolute atomic E-state index is 0.00872. The van der Waals surface area contributed by atoms with Gasteiger partial charge in [-0.2, -0.15) is 0 Å². The van der Waals surface area contributed by atoms with Crippen LogP contribution in [0.25, 0.3) is 16.7 Å². The Bertz CT molecular complexity index is 1260. The highest BCUT2D eigenvalue weighted by Gasteiger charge is 2.16. The van der Waals surface area contributed by atoms with Gasteiger partial charge in [0.2, 0.25) is 10.0 Å². The molecule has 0 spiro atoms. The van der Waals surface area contributed by atoms with E-state index in [1.807, 2.05) is 0 Å². The molecule has 0 unspecified atom stereocenters. The monoisotopic (exact) mass is 440 g/mol. The van der Waals surface area contributed by atoms with Gasteiger partial charge in [-0.15, -0.1) is 0 Å². The third kappa shape index (κ3) is 5.15. The second-order valence-electron chi connectivity index (χ2n) is 6.74. The van der Waals surface area contributed by atoms with Crippen LogP contribution in [0.1, 0.15) is 12.5 Å². The molecule has 0 saturated heterocycles. The maximum Gasteiger partial charge on any atom is 0.284 e. The molecule has 3 rings (SSSR count). The van der Waals surface area contributed by atoms with Gasteiger partial charge in [0.15, 0.2) is 5.83 Å². The molecule has 0 heterocycles. The molecule has 6 N–H and O–H groups in total. The zero-order valence-electron chi connectivity index (χ0n) is 16.6. The molecular formula is C22H21FN4O3S. The molecule has 0 aliphatic carbocycles. The van der Waals surface area contributed by atoms with Gasteiger partial charge in [0.1, 0.15) is 0 Å². The number of amides is 1. The maximum atomic E-state index is 14.7. The van der Waals surface area contributed by atoms with E-state index in [1.54, 1.807) is 66.7 Å². The second-order valence-corrected chi connectivity index (χ2v) is 8.27. The summed E-state index contributed by atoms with van der Waals surface area (Å²) >= 11 is 0. The molecule has 0 aromatic heterocycles. The number of hydrogen-bond acceptors (Lipinski definition) is 5. The lowest BCUT2D eigenvalue weighted by molar-refractivity contribution is -0.114. The highest BCUT2D eigenvalue weighted by Crippen LogP contribution is 2.28. The molecule has 3 aromatic carbocycles. The van der Waals surface area contributed by atoms with Crippen LogP contribution in [0.4, 0.5) is 15.8 Å². The molecule has 0 aliphatic rings. The molecular weight excluding hydrogens is 419 g/mol. The molecule has 0 atom stereocenters. The van der Waals surface area contributed by atoms with E-state index in [4.69, 9.17) is 11.0 Å². The zero-order valence-corrected chi connectivity index (χ0v) is 17.4. The third-order valence-corrected chi connectivity index (χ3v) is 5.61. The van der Waals surface area contributed by atoms with Gasteiger partial charge in [-0.05, 0) is 54.0 Å². The number of hydrogen-bond donors (Lipinski definition) is 4. The van der Waals surface area contributed by atoms with Crippen LogP contribution in [0.5, 0.6) is 0 Å². The number of benzene rings is 3. The molecule has 0 aliphatic heterocycles.